The first kappa shape index (κ1) is 19.4. The SMILES string of the molecule is COc1ccc(-c2ccc3nnc(CNC(=O)c4cccc(N(C)C)c4)n3n2)cc1. The van der Waals surface area contributed by atoms with E-state index in [0.717, 1.165) is 22.7 Å². The number of nitrogens with one attached hydrogen (secondary N) is 1. The summed E-state index contributed by atoms with van der Waals surface area (Å²) in [5.41, 5.74) is 3.88. The minimum Gasteiger partial charge on any atom is -0.497 e. The number of carbonyl (C=O) groups excluding carboxylic acids is 1. The van der Waals surface area contributed by atoms with E-state index in [1.54, 1.807) is 17.7 Å². The highest BCUT2D eigenvalue weighted by Gasteiger charge is 2.12. The lowest BCUT2D eigenvalue weighted by Crippen LogP contribution is -2.24. The Morgan fingerprint density at radius 2 is 1.87 bits per heavy atom. The van der Waals surface area contributed by atoms with Crippen LogP contribution >= 0.6 is 0 Å². The molecule has 2 aromatic heterocycles. The van der Waals surface area contributed by atoms with E-state index in [-0.39, 0.29) is 12.5 Å². The molecule has 4 rings (SSSR count). The maximum Gasteiger partial charge on any atom is 0.251 e. The van der Waals surface area contributed by atoms with Crippen molar-refractivity contribution in [2.75, 3.05) is 26.1 Å². The van der Waals surface area contributed by atoms with Crippen molar-refractivity contribution in [2.45, 2.75) is 6.54 Å². The maximum atomic E-state index is 12.6. The molecule has 0 fully saturated rings. The number of hydrogen-bond acceptors (Lipinski definition) is 6. The molecule has 0 saturated carbocycles. The fraction of sp³-hybridized carbons (Fsp3) is 0.182. The molecule has 0 atom stereocenters. The quantitative estimate of drug-likeness (QED) is 0.534. The van der Waals surface area contributed by atoms with E-state index in [0.29, 0.717) is 17.0 Å². The maximum absolute atomic E-state index is 12.6. The Hall–Kier alpha value is -3.94. The number of amides is 1. The van der Waals surface area contributed by atoms with Gasteiger partial charge in [0.15, 0.2) is 11.5 Å². The van der Waals surface area contributed by atoms with Crippen LogP contribution in [0.5, 0.6) is 5.75 Å². The van der Waals surface area contributed by atoms with Crippen LogP contribution in [0.25, 0.3) is 16.9 Å². The van der Waals surface area contributed by atoms with Crippen LogP contribution in [0.3, 0.4) is 0 Å². The van der Waals surface area contributed by atoms with E-state index >= 15 is 0 Å². The van der Waals surface area contributed by atoms with Crippen molar-refractivity contribution in [3.05, 3.63) is 72.1 Å². The molecule has 30 heavy (non-hydrogen) atoms. The number of ether oxygens (including phenoxy) is 1. The van der Waals surface area contributed by atoms with Crippen LogP contribution in [-0.2, 0) is 6.54 Å². The number of nitrogens with zero attached hydrogens (tertiary/aromatic N) is 5. The van der Waals surface area contributed by atoms with Crippen LogP contribution in [0.1, 0.15) is 16.2 Å². The topological polar surface area (TPSA) is 84.7 Å². The van der Waals surface area contributed by atoms with Gasteiger partial charge in [-0.15, -0.1) is 10.2 Å². The van der Waals surface area contributed by atoms with Crippen LogP contribution in [-0.4, -0.2) is 46.9 Å². The van der Waals surface area contributed by atoms with Crippen LogP contribution in [0, 0.1) is 0 Å². The number of aromatic nitrogens is 4. The highest BCUT2D eigenvalue weighted by atomic mass is 16.5. The summed E-state index contributed by atoms with van der Waals surface area (Å²) in [5.74, 6) is 1.16. The normalized spacial score (nSPS) is 10.8. The van der Waals surface area contributed by atoms with Crippen molar-refractivity contribution in [1.82, 2.24) is 25.1 Å². The number of carbonyl (C=O) groups is 1. The lowest BCUT2D eigenvalue weighted by molar-refractivity contribution is 0.0949. The molecule has 0 unspecified atom stereocenters. The molecule has 0 aliphatic carbocycles. The summed E-state index contributed by atoms with van der Waals surface area (Å²) in [4.78, 5) is 14.5. The Kier molecular flexibility index (Phi) is 5.30. The number of rotatable bonds is 6. The zero-order valence-electron chi connectivity index (χ0n) is 17.0. The van der Waals surface area contributed by atoms with E-state index in [1.807, 2.05) is 73.6 Å². The van der Waals surface area contributed by atoms with E-state index in [1.165, 1.54) is 0 Å². The molecule has 0 aliphatic heterocycles. The summed E-state index contributed by atoms with van der Waals surface area (Å²) in [6.45, 7) is 0.214. The van der Waals surface area contributed by atoms with Gasteiger partial charge in [-0.05, 0) is 54.6 Å². The molecule has 152 valence electrons. The molecular formula is C22H22N6O2. The zero-order chi connectivity index (χ0) is 21.1. The Morgan fingerprint density at radius 1 is 1.07 bits per heavy atom. The molecule has 4 aromatic rings. The number of benzene rings is 2. The molecule has 2 aromatic carbocycles. The highest BCUT2D eigenvalue weighted by Crippen LogP contribution is 2.21. The Labute approximate surface area is 174 Å². The Morgan fingerprint density at radius 3 is 2.60 bits per heavy atom. The van der Waals surface area contributed by atoms with Crippen LogP contribution < -0.4 is 15.0 Å². The van der Waals surface area contributed by atoms with Gasteiger partial charge in [0.25, 0.3) is 5.91 Å². The number of anilines is 1. The molecule has 0 aliphatic rings. The average Bonchev–Trinajstić information content (AvgIpc) is 3.19. The number of fused-ring (bicyclic) bond motifs is 1. The molecule has 0 spiro atoms. The van der Waals surface area contributed by atoms with E-state index in [4.69, 9.17) is 4.74 Å². The van der Waals surface area contributed by atoms with Gasteiger partial charge in [-0.2, -0.15) is 9.61 Å². The fourth-order valence-electron chi connectivity index (χ4n) is 3.05. The average molecular weight is 402 g/mol. The lowest BCUT2D eigenvalue weighted by atomic mass is 10.1. The van der Waals surface area contributed by atoms with Crippen molar-refractivity contribution in [2.24, 2.45) is 0 Å². The second-order valence-electron chi connectivity index (χ2n) is 6.96. The first-order valence-electron chi connectivity index (χ1n) is 9.46. The molecule has 1 amide bonds. The lowest BCUT2D eigenvalue weighted by Gasteiger charge is -2.13. The molecule has 8 heteroatoms. The first-order chi connectivity index (χ1) is 14.5. The molecule has 0 radical (unpaired) electrons. The van der Waals surface area contributed by atoms with E-state index in [2.05, 4.69) is 20.6 Å². The van der Waals surface area contributed by atoms with Crippen LogP contribution in [0.4, 0.5) is 5.69 Å². The second kappa shape index (κ2) is 8.20. The summed E-state index contributed by atoms with van der Waals surface area (Å²) in [7, 11) is 5.50. The molecule has 2 heterocycles. The highest BCUT2D eigenvalue weighted by molar-refractivity contribution is 5.95. The number of methoxy groups -OCH3 is 1. The standard InChI is InChI=1S/C22H22N6O2/c1-27(2)17-6-4-5-16(13-17)22(29)23-14-21-25-24-20-12-11-19(26-28(20)21)15-7-9-18(30-3)10-8-15/h4-13H,14H2,1-3H3,(H,23,29). The third-order valence-electron chi connectivity index (χ3n) is 4.74. The number of hydrogen-bond donors (Lipinski definition) is 1. The van der Waals surface area contributed by atoms with Gasteiger partial charge in [0.2, 0.25) is 0 Å². The summed E-state index contributed by atoms with van der Waals surface area (Å²) >= 11 is 0. The van der Waals surface area contributed by atoms with Crippen LogP contribution in [0.15, 0.2) is 60.7 Å². The predicted octanol–water partition coefficient (Wildman–Crippen LogP) is 2.80. The third kappa shape index (κ3) is 3.93. The van der Waals surface area contributed by atoms with Gasteiger partial charge in [-0.25, -0.2) is 0 Å². The molecule has 0 bridgehead atoms. The smallest absolute Gasteiger partial charge is 0.251 e. The minimum atomic E-state index is -0.179. The summed E-state index contributed by atoms with van der Waals surface area (Å²) in [6, 6.07) is 18.8. The van der Waals surface area contributed by atoms with Gasteiger partial charge < -0.3 is 15.0 Å². The second-order valence-corrected chi connectivity index (χ2v) is 6.96. The largest absolute Gasteiger partial charge is 0.497 e. The fourth-order valence-corrected chi connectivity index (χ4v) is 3.05. The van der Waals surface area contributed by atoms with Gasteiger partial charge in [0, 0.05) is 30.9 Å². The van der Waals surface area contributed by atoms with Crippen LogP contribution in [0.2, 0.25) is 0 Å². The summed E-state index contributed by atoms with van der Waals surface area (Å²) in [6.07, 6.45) is 0. The van der Waals surface area contributed by atoms with Gasteiger partial charge >= 0.3 is 0 Å². The van der Waals surface area contributed by atoms with Gasteiger partial charge in [0.05, 0.1) is 19.3 Å². The minimum absolute atomic E-state index is 0.179. The molecular weight excluding hydrogens is 380 g/mol. The molecule has 0 saturated heterocycles. The van der Waals surface area contributed by atoms with Crippen molar-refractivity contribution in [1.29, 1.82) is 0 Å². The molecule has 1 N–H and O–H groups in total. The van der Waals surface area contributed by atoms with Crippen molar-refractivity contribution in [3.8, 4) is 17.0 Å². The molecule has 8 nitrogen and oxygen atoms in total. The van der Waals surface area contributed by atoms with Crippen molar-refractivity contribution in [3.63, 3.8) is 0 Å². The summed E-state index contributed by atoms with van der Waals surface area (Å²) < 4.78 is 6.85. The third-order valence-corrected chi connectivity index (χ3v) is 4.74. The van der Waals surface area contributed by atoms with Gasteiger partial charge in [0.1, 0.15) is 5.75 Å². The van der Waals surface area contributed by atoms with Gasteiger partial charge in [-0.3, -0.25) is 4.79 Å². The van der Waals surface area contributed by atoms with E-state index < -0.39 is 0 Å². The van der Waals surface area contributed by atoms with Gasteiger partial charge in [-0.1, -0.05) is 6.07 Å². The van der Waals surface area contributed by atoms with E-state index in [9.17, 15) is 4.79 Å². The van der Waals surface area contributed by atoms with Crippen molar-refractivity contribution >= 4 is 17.2 Å². The zero-order valence-corrected chi connectivity index (χ0v) is 17.0. The van der Waals surface area contributed by atoms with Crippen molar-refractivity contribution < 1.29 is 9.53 Å². The first-order valence-corrected chi connectivity index (χ1v) is 9.46. The Bertz CT molecular complexity index is 1180. The summed E-state index contributed by atoms with van der Waals surface area (Å²) in [5, 5.41) is 15.9. The predicted molar refractivity (Wildman–Crippen MR) is 115 cm³/mol. The monoisotopic (exact) mass is 402 g/mol. The Balaban J connectivity index is 1.54.